The van der Waals surface area contributed by atoms with E-state index in [1.54, 1.807) is 11.3 Å². The summed E-state index contributed by atoms with van der Waals surface area (Å²) in [6.45, 7) is 0. The summed E-state index contributed by atoms with van der Waals surface area (Å²) in [6.07, 6.45) is 0. The Morgan fingerprint density at radius 3 is 2.22 bits per heavy atom. The smallest absolute Gasteiger partial charge is 0.146 e. The average molecular weight is 335 g/mol. The minimum absolute atomic E-state index is 0.221. The second-order valence-corrected chi connectivity index (χ2v) is 9.18. The van der Waals surface area contributed by atoms with Gasteiger partial charge in [0.1, 0.15) is 0 Å². The summed E-state index contributed by atoms with van der Waals surface area (Å²) in [6, 6.07) is 4.06. The highest BCUT2D eigenvalue weighted by atomic mass is 80.0. The van der Waals surface area contributed by atoms with Gasteiger partial charge in [-0.1, -0.05) is 53.9 Å². The molecule has 9 heavy (non-hydrogen) atoms. The predicted molar refractivity (Wildman–Crippen MR) is 52.8 cm³/mol. The Bertz CT molecular complexity index is 175. The third kappa shape index (κ3) is 2.33. The van der Waals surface area contributed by atoms with Gasteiger partial charge in [0.2, 0.25) is 0 Å². The standard InChI is InChI=1S/C5H3Br3S/c6-5(7,8)4-2-1-3-9-4/h1-3H. The van der Waals surface area contributed by atoms with E-state index in [1.165, 1.54) is 4.88 Å². The van der Waals surface area contributed by atoms with Gasteiger partial charge in [-0.15, -0.1) is 11.3 Å². The molecule has 0 aliphatic rings. The molecule has 0 fully saturated rings. The summed E-state index contributed by atoms with van der Waals surface area (Å²) in [5.41, 5.74) is 0. The van der Waals surface area contributed by atoms with Crippen molar-refractivity contribution in [1.29, 1.82) is 0 Å². The number of hydrogen-bond donors (Lipinski definition) is 0. The van der Waals surface area contributed by atoms with Gasteiger partial charge < -0.3 is 0 Å². The Kier molecular flexibility index (Phi) is 2.77. The quantitative estimate of drug-likeness (QED) is 0.628. The van der Waals surface area contributed by atoms with Crippen LogP contribution in [0.5, 0.6) is 0 Å². The van der Waals surface area contributed by atoms with Crippen LogP contribution in [0.2, 0.25) is 0 Å². The fourth-order valence-electron chi connectivity index (χ4n) is 0.440. The fraction of sp³-hybridized carbons (Fsp3) is 0.200. The van der Waals surface area contributed by atoms with Gasteiger partial charge in [0.15, 0.2) is 2.14 Å². The molecule has 1 heterocycles. The molecule has 0 nitrogen and oxygen atoms in total. The normalized spacial score (nSPS) is 11.9. The van der Waals surface area contributed by atoms with Crippen molar-refractivity contribution < 1.29 is 0 Å². The van der Waals surface area contributed by atoms with E-state index in [4.69, 9.17) is 0 Å². The Morgan fingerprint density at radius 1 is 1.33 bits per heavy atom. The molecule has 0 radical (unpaired) electrons. The van der Waals surface area contributed by atoms with Crippen LogP contribution >= 0.6 is 59.1 Å². The van der Waals surface area contributed by atoms with Crippen molar-refractivity contribution in [3.63, 3.8) is 0 Å². The molecule has 0 aromatic carbocycles. The minimum Gasteiger partial charge on any atom is -0.146 e. The van der Waals surface area contributed by atoms with E-state index >= 15 is 0 Å². The summed E-state index contributed by atoms with van der Waals surface area (Å²) in [5, 5.41) is 2.04. The molecule has 50 valence electrons. The van der Waals surface area contributed by atoms with Crippen molar-refractivity contribution >= 4 is 59.1 Å². The maximum atomic E-state index is 3.41. The average Bonchev–Trinajstić information content (AvgIpc) is 2.08. The summed E-state index contributed by atoms with van der Waals surface area (Å²) in [7, 11) is 0. The van der Waals surface area contributed by atoms with Crippen LogP contribution in [0, 0.1) is 0 Å². The Hall–Kier alpha value is 1.14. The van der Waals surface area contributed by atoms with Crippen molar-refractivity contribution in [3.05, 3.63) is 22.4 Å². The van der Waals surface area contributed by atoms with E-state index in [2.05, 4.69) is 47.8 Å². The molecule has 0 saturated carbocycles. The van der Waals surface area contributed by atoms with Gasteiger partial charge in [-0.2, -0.15) is 0 Å². The monoisotopic (exact) mass is 332 g/mol. The van der Waals surface area contributed by atoms with Gasteiger partial charge in [-0.3, -0.25) is 0 Å². The first kappa shape index (κ1) is 8.24. The molecule has 0 saturated heterocycles. The zero-order chi connectivity index (χ0) is 6.91. The van der Waals surface area contributed by atoms with Gasteiger partial charge in [0, 0.05) is 4.88 Å². The number of alkyl halides is 3. The molecule has 0 amide bonds. The van der Waals surface area contributed by atoms with Gasteiger partial charge in [0.05, 0.1) is 0 Å². The van der Waals surface area contributed by atoms with Crippen LogP contribution in [0.4, 0.5) is 0 Å². The summed E-state index contributed by atoms with van der Waals surface area (Å²) in [4.78, 5) is 1.21. The van der Waals surface area contributed by atoms with Crippen molar-refractivity contribution in [2.45, 2.75) is 2.14 Å². The number of thiophene rings is 1. The lowest BCUT2D eigenvalue weighted by atomic mass is 10.5. The second kappa shape index (κ2) is 3.03. The van der Waals surface area contributed by atoms with Gasteiger partial charge >= 0.3 is 0 Å². The highest BCUT2D eigenvalue weighted by Gasteiger charge is 2.20. The molecule has 1 aromatic heterocycles. The number of rotatable bonds is 0. The van der Waals surface area contributed by atoms with Crippen LogP contribution in [0.25, 0.3) is 0 Å². The van der Waals surface area contributed by atoms with Gasteiger partial charge in [0.25, 0.3) is 0 Å². The first-order valence-electron chi connectivity index (χ1n) is 2.21. The molecule has 4 heteroatoms. The van der Waals surface area contributed by atoms with E-state index in [-0.39, 0.29) is 2.14 Å². The molecule has 0 spiro atoms. The number of halogens is 3. The molecular formula is C5H3Br3S. The molecule has 0 N–H and O–H groups in total. The lowest BCUT2D eigenvalue weighted by Gasteiger charge is -2.07. The van der Waals surface area contributed by atoms with Crippen molar-refractivity contribution in [1.82, 2.24) is 0 Å². The van der Waals surface area contributed by atoms with E-state index in [9.17, 15) is 0 Å². The van der Waals surface area contributed by atoms with Crippen LogP contribution in [-0.2, 0) is 2.14 Å². The molecular weight excluding hydrogens is 332 g/mol. The third-order valence-corrected chi connectivity index (χ3v) is 3.86. The maximum Gasteiger partial charge on any atom is 0.168 e. The van der Waals surface area contributed by atoms with E-state index in [0.717, 1.165) is 0 Å². The van der Waals surface area contributed by atoms with E-state index in [1.807, 2.05) is 17.5 Å². The molecule has 0 atom stereocenters. The van der Waals surface area contributed by atoms with Crippen LogP contribution in [0.15, 0.2) is 17.5 Å². The summed E-state index contributed by atoms with van der Waals surface area (Å²) >= 11 is 11.9. The van der Waals surface area contributed by atoms with Crippen molar-refractivity contribution in [2.24, 2.45) is 0 Å². The zero-order valence-corrected chi connectivity index (χ0v) is 9.85. The van der Waals surface area contributed by atoms with E-state index < -0.39 is 0 Å². The fourth-order valence-corrected chi connectivity index (χ4v) is 2.27. The SMILES string of the molecule is BrC(Br)(Br)c1cccs1. The molecule has 0 unspecified atom stereocenters. The molecule has 0 bridgehead atoms. The highest BCUT2D eigenvalue weighted by molar-refractivity contribution is 9.38. The lowest BCUT2D eigenvalue weighted by molar-refractivity contribution is 1.48. The molecule has 1 rings (SSSR count). The minimum atomic E-state index is -0.221. The maximum absolute atomic E-state index is 3.41. The summed E-state index contributed by atoms with van der Waals surface area (Å²) < 4.78 is -0.221. The third-order valence-electron chi connectivity index (χ3n) is 0.801. The summed E-state index contributed by atoms with van der Waals surface area (Å²) in [5.74, 6) is 0. The predicted octanol–water partition coefficient (Wildman–Crippen LogP) is 4.04. The second-order valence-electron chi connectivity index (χ2n) is 1.48. The highest BCUT2D eigenvalue weighted by Crippen LogP contribution is 2.46. The van der Waals surface area contributed by atoms with Crippen molar-refractivity contribution in [3.8, 4) is 0 Å². The van der Waals surface area contributed by atoms with E-state index in [0.29, 0.717) is 0 Å². The lowest BCUT2D eigenvalue weighted by Crippen LogP contribution is -1.91. The Labute approximate surface area is 83.0 Å². The topological polar surface area (TPSA) is 0 Å². The zero-order valence-electron chi connectivity index (χ0n) is 4.27. The van der Waals surface area contributed by atoms with Gasteiger partial charge in [-0.25, -0.2) is 0 Å². The largest absolute Gasteiger partial charge is 0.168 e. The first-order valence-corrected chi connectivity index (χ1v) is 5.47. The van der Waals surface area contributed by atoms with Crippen LogP contribution < -0.4 is 0 Å². The van der Waals surface area contributed by atoms with Crippen LogP contribution in [0.3, 0.4) is 0 Å². The van der Waals surface area contributed by atoms with Gasteiger partial charge in [-0.05, 0) is 11.4 Å². The Morgan fingerprint density at radius 2 is 2.00 bits per heavy atom. The molecule has 0 aliphatic heterocycles. The Balaban J connectivity index is 2.90. The van der Waals surface area contributed by atoms with Crippen molar-refractivity contribution in [2.75, 3.05) is 0 Å². The number of hydrogen-bond acceptors (Lipinski definition) is 1. The van der Waals surface area contributed by atoms with Crippen LogP contribution in [-0.4, -0.2) is 0 Å². The van der Waals surface area contributed by atoms with Crippen LogP contribution in [0.1, 0.15) is 4.88 Å². The first-order chi connectivity index (χ1) is 4.11. The molecule has 0 aliphatic carbocycles. The molecule has 1 aromatic rings.